The monoisotopic (exact) mass is 436 g/mol. The first kappa shape index (κ1) is 22.9. The van der Waals surface area contributed by atoms with Crippen LogP contribution in [0.4, 0.5) is 0 Å². The topological polar surface area (TPSA) is 108 Å². The zero-order valence-corrected chi connectivity index (χ0v) is 18.3. The maximum Gasteiger partial charge on any atom is 0.261 e. The molecule has 1 aromatic rings. The van der Waals surface area contributed by atoms with E-state index >= 15 is 0 Å². The molecule has 2 fully saturated rings. The minimum absolute atomic E-state index is 0.279. The molecular formula is C21H32N4O4S. The number of benzene rings is 1. The van der Waals surface area contributed by atoms with Gasteiger partial charge >= 0.3 is 0 Å². The van der Waals surface area contributed by atoms with Crippen LogP contribution in [0.5, 0.6) is 5.75 Å². The van der Waals surface area contributed by atoms with Crippen molar-refractivity contribution in [2.24, 2.45) is 11.7 Å². The standard InChI is InChI=1S/C21H32N4O4S/c1-24-6-4-15(5-7-24)14-29-17-2-3-18(20(22)26)16(12-17)13-19(21(27)23-28)25-8-10-30-11-9-25/h2-3,12,15,19,28H,4-11,13-14H2,1H3,(H2,22,26)(H,23,27)/t19-/m0/s1. The second kappa shape index (κ2) is 11.0. The number of hydroxylamine groups is 1. The largest absolute Gasteiger partial charge is 0.493 e. The molecule has 1 atom stereocenters. The lowest BCUT2D eigenvalue weighted by Crippen LogP contribution is -2.50. The number of nitrogens with zero attached hydrogens (tertiary/aromatic N) is 2. The average Bonchev–Trinajstić information content (AvgIpc) is 2.77. The second-order valence-corrected chi connectivity index (χ2v) is 9.31. The van der Waals surface area contributed by atoms with E-state index in [-0.39, 0.29) is 6.42 Å². The van der Waals surface area contributed by atoms with E-state index in [1.165, 1.54) is 0 Å². The smallest absolute Gasteiger partial charge is 0.261 e. The molecule has 2 heterocycles. The van der Waals surface area contributed by atoms with E-state index in [1.54, 1.807) is 17.6 Å². The molecule has 0 bridgehead atoms. The number of hydrogen-bond acceptors (Lipinski definition) is 7. The molecule has 1 aromatic carbocycles. The molecule has 3 rings (SSSR count). The van der Waals surface area contributed by atoms with Gasteiger partial charge in [-0.1, -0.05) is 0 Å². The van der Waals surface area contributed by atoms with Gasteiger partial charge in [0.05, 0.1) is 12.6 Å². The number of ether oxygens (including phenoxy) is 1. The Kier molecular flexibility index (Phi) is 8.38. The van der Waals surface area contributed by atoms with Crippen LogP contribution in [0, 0.1) is 5.92 Å². The Morgan fingerprint density at radius 2 is 1.97 bits per heavy atom. The average molecular weight is 437 g/mol. The van der Waals surface area contributed by atoms with E-state index in [0.717, 1.165) is 50.5 Å². The van der Waals surface area contributed by atoms with Gasteiger partial charge in [-0.25, -0.2) is 5.48 Å². The minimum atomic E-state index is -0.571. The molecule has 0 radical (unpaired) electrons. The lowest BCUT2D eigenvalue weighted by molar-refractivity contribution is -0.134. The Morgan fingerprint density at radius 3 is 2.60 bits per heavy atom. The molecule has 0 aliphatic carbocycles. The first-order chi connectivity index (χ1) is 14.5. The maximum absolute atomic E-state index is 12.4. The molecule has 2 aliphatic heterocycles. The Hall–Kier alpha value is -1.81. The molecule has 2 saturated heterocycles. The van der Waals surface area contributed by atoms with Crippen molar-refractivity contribution < 1.29 is 19.5 Å². The van der Waals surface area contributed by atoms with Gasteiger partial charge in [-0.3, -0.25) is 19.7 Å². The summed E-state index contributed by atoms with van der Waals surface area (Å²) in [7, 11) is 2.13. The molecule has 4 N–H and O–H groups in total. The van der Waals surface area contributed by atoms with Crippen LogP contribution >= 0.6 is 11.8 Å². The normalized spacial score (nSPS) is 19.9. The van der Waals surface area contributed by atoms with Gasteiger partial charge in [0.15, 0.2) is 0 Å². The highest BCUT2D eigenvalue weighted by atomic mass is 32.2. The molecule has 2 amide bonds. The number of carbonyl (C=O) groups excluding carboxylic acids is 2. The van der Waals surface area contributed by atoms with E-state index in [1.807, 2.05) is 22.7 Å². The molecule has 30 heavy (non-hydrogen) atoms. The molecule has 0 spiro atoms. The third-order valence-corrected chi connectivity index (χ3v) is 6.92. The molecule has 0 aromatic heterocycles. The summed E-state index contributed by atoms with van der Waals surface area (Å²) in [5.74, 6) is 2.03. The number of amides is 2. The summed E-state index contributed by atoms with van der Waals surface area (Å²) < 4.78 is 6.03. The van der Waals surface area contributed by atoms with E-state index in [0.29, 0.717) is 29.4 Å². The van der Waals surface area contributed by atoms with Crippen molar-refractivity contribution in [3.63, 3.8) is 0 Å². The number of nitrogens with one attached hydrogen (secondary N) is 1. The number of rotatable bonds is 8. The highest BCUT2D eigenvalue weighted by Crippen LogP contribution is 2.24. The fourth-order valence-corrected chi connectivity index (χ4v) is 5.00. The number of hydrogen-bond donors (Lipinski definition) is 3. The van der Waals surface area contributed by atoms with E-state index < -0.39 is 17.9 Å². The highest BCUT2D eigenvalue weighted by Gasteiger charge is 2.29. The number of primary amides is 1. The zero-order valence-electron chi connectivity index (χ0n) is 17.5. The molecular weight excluding hydrogens is 404 g/mol. The third kappa shape index (κ3) is 6.10. The Morgan fingerprint density at radius 1 is 1.27 bits per heavy atom. The van der Waals surface area contributed by atoms with Gasteiger partial charge in [-0.2, -0.15) is 11.8 Å². The summed E-state index contributed by atoms with van der Waals surface area (Å²) in [4.78, 5) is 28.7. The zero-order chi connectivity index (χ0) is 21.5. The van der Waals surface area contributed by atoms with E-state index in [9.17, 15) is 14.8 Å². The SMILES string of the molecule is CN1CCC(COc2ccc(C(N)=O)c(C[C@@H](C(=O)NO)N3CCSCC3)c2)CC1. The molecule has 166 valence electrons. The quantitative estimate of drug-likeness (QED) is 0.412. The van der Waals surface area contributed by atoms with Crippen molar-refractivity contribution in [3.8, 4) is 5.75 Å². The summed E-state index contributed by atoms with van der Waals surface area (Å²) in [6, 6.07) is 4.67. The number of thioether (sulfide) groups is 1. The fourth-order valence-electron chi connectivity index (χ4n) is 4.07. The summed E-state index contributed by atoms with van der Waals surface area (Å²) in [5.41, 5.74) is 8.40. The maximum atomic E-state index is 12.4. The third-order valence-electron chi connectivity index (χ3n) is 5.98. The van der Waals surface area contributed by atoms with Gasteiger partial charge < -0.3 is 15.4 Å². The Bertz CT molecular complexity index is 734. The number of piperidine rings is 1. The van der Waals surface area contributed by atoms with Gasteiger partial charge in [0.1, 0.15) is 5.75 Å². The lowest BCUT2D eigenvalue weighted by atomic mass is 9.97. The van der Waals surface area contributed by atoms with Gasteiger partial charge in [-0.15, -0.1) is 0 Å². The summed E-state index contributed by atoms with van der Waals surface area (Å²) in [6.07, 6.45) is 2.49. The molecule has 8 nitrogen and oxygen atoms in total. The van der Waals surface area contributed by atoms with Crippen LogP contribution in [0.25, 0.3) is 0 Å². The predicted molar refractivity (Wildman–Crippen MR) is 117 cm³/mol. The van der Waals surface area contributed by atoms with Crippen molar-refractivity contribution in [3.05, 3.63) is 29.3 Å². The lowest BCUT2D eigenvalue weighted by Gasteiger charge is -2.33. The van der Waals surface area contributed by atoms with Crippen molar-refractivity contribution in [1.82, 2.24) is 15.3 Å². The summed E-state index contributed by atoms with van der Waals surface area (Å²) >= 11 is 1.84. The molecule has 0 saturated carbocycles. The van der Waals surface area contributed by atoms with Crippen LogP contribution in [0.1, 0.15) is 28.8 Å². The predicted octanol–water partition coefficient (Wildman–Crippen LogP) is 0.971. The Balaban J connectivity index is 1.74. The number of nitrogens with two attached hydrogens (primary N) is 1. The molecule has 2 aliphatic rings. The van der Waals surface area contributed by atoms with Crippen LogP contribution in [-0.4, -0.2) is 84.2 Å². The van der Waals surface area contributed by atoms with Gasteiger partial charge in [0, 0.05) is 30.2 Å². The van der Waals surface area contributed by atoms with Crippen LogP contribution < -0.4 is 16.0 Å². The van der Waals surface area contributed by atoms with Crippen molar-refractivity contribution >= 4 is 23.6 Å². The van der Waals surface area contributed by atoms with Crippen LogP contribution in [0.3, 0.4) is 0 Å². The Labute approximate surface area is 182 Å². The van der Waals surface area contributed by atoms with E-state index in [4.69, 9.17) is 10.5 Å². The van der Waals surface area contributed by atoms with Crippen molar-refractivity contribution in [2.75, 3.05) is 51.3 Å². The number of carbonyl (C=O) groups is 2. The van der Waals surface area contributed by atoms with Crippen LogP contribution in [0.2, 0.25) is 0 Å². The second-order valence-electron chi connectivity index (χ2n) is 8.09. The minimum Gasteiger partial charge on any atom is -0.493 e. The van der Waals surface area contributed by atoms with Gasteiger partial charge in [0.25, 0.3) is 5.91 Å². The van der Waals surface area contributed by atoms with Crippen molar-refractivity contribution in [2.45, 2.75) is 25.3 Å². The summed E-state index contributed by atoms with van der Waals surface area (Å²) in [5, 5.41) is 9.24. The van der Waals surface area contributed by atoms with Crippen LogP contribution in [0.15, 0.2) is 18.2 Å². The van der Waals surface area contributed by atoms with Crippen LogP contribution in [-0.2, 0) is 11.2 Å². The molecule has 0 unspecified atom stereocenters. The van der Waals surface area contributed by atoms with E-state index in [2.05, 4.69) is 11.9 Å². The fraction of sp³-hybridized carbons (Fsp3) is 0.619. The highest BCUT2D eigenvalue weighted by molar-refractivity contribution is 7.99. The number of likely N-dealkylation sites (tertiary alicyclic amines) is 1. The summed E-state index contributed by atoms with van der Waals surface area (Å²) in [6.45, 7) is 4.28. The first-order valence-electron chi connectivity index (χ1n) is 10.5. The first-order valence-corrected chi connectivity index (χ1v) is 11.6. The van der Waals surface area contributed by atoms with Crippen molar-refractivity contribution in [1.29, 1.82) is 0 Å². The molecule has 9 heteroatoms. The van der Waals surface area contributed by atoms with Gasteiger partial charge in [-0.05, 0) is 69.1 Å². The van der Waals surface area contributed by atoms with Gasteiger partial charge in [0.2, 0.25) is 5.91 Å².